The van der Waals surface area contributed by atoms with E-state index in [1.165, 1.54) is 0 Å². The van der Waals surface area contributed by atoms with Crippen molar-refractivity contribution in [2.75, 3.05) is 25.1 Å². The maximum Gasteiger partial charge on any atom is 0.321 e. The Hall–Kier alpha value is -1.55. The number of nitrogens with one attached hydrogen (secondary N) is 1. The molecule has 2 amide bonds. The number of anilines is 1. The molecular formula is C14H20N2O2. The van der Waals surface area contributed by atoms with Crippen LogP contribution in [0.3, 0.4) is 0 Å². The molecule has 1 unspecified atom stereocenters. The van der Waals surface area contributed by atoms with Gasteiger partial charge < -0.3 is 10.1 Å². The number of urea groups is 1. The Morgan fingerprint density at radius 2 is 2.28 bits per heavy atom. The van der Waals surface area contributed by atoms with Gasteiger partial charge in [0, 0.05) is 25.8 Å². The average Bonchev–Trinajstić information content (AvgIpc) is 2.43. The highest BCUT2D eigenvalue weighted by molar-refractivity contribution is 5.93. The van der Waals surface area contributed by atoms with Crippen molar-refractivity contribution in [3.05, 3.63) is 29.8 Å². The number of ether oxygens (including phenoxy) is 1. The Kier molecular flexibility index (Phi) is 4.20. The fourth-order valence-corrected chi connectivity index (χ4v) is 2.31. The van der Waals surface area contributed by atoms with Crippen LogP contribution in [0, 0.1) is 0 Å². The van der Waals surface area contributed by atoms with E-state index in [1.807, 2.05) is 31.2 Å². The van der Waals surface area contributed by atoms with Crippen LogP contribution in [0.2, 0.25) is 0 Å². The molecule has 0 aliphatic carbocycles. The van der Waals surface area contributed by atoms with Gasteiger partial charge in [-0.2, -0.15) is 0 Å². The molecule has 1 atom stereocenters. The van der Waals surface area contributed by atoms with Crippen molar-refractivity contribution < 1.29 is 9.53 Å². The second kappa shape index (κ2) is 5.87. The first kappa shape index (κ1) is 12.9. The minimum atomic E-state index is -0.0150. The first-order valence-corrected chi connectivity index (χ1v) is 6.45. The van der Waals surface area contributed by atoms with Crippen molar-refractivity contribution in [1.29, 1.82) is 0 Å². The lowest BCUT2D eigenvalue weighted by molar-refractivity contribution is 0.0942. The van der Waals surface area contributed by atoms with E-state index in [-0.39, 0.29) is 12.1 Å². The van der Waals surface area contributed by atoms with Crippen molar-refractivity contribution >= 4 is 11.7 Å². The zero-order valence-corrected chi connectivity index (χ0v) is 11.0. The highest BCUT2D eigenvalue weighted by atomic mass is 16.5. The Morgan fingerprint density at radius 3 is 3.00 bits per heavy atom. The number of amides is 2. The van der Waals surface area contributed by atoms with Gasteiger partial charge in [0.15, 0.2) is 0 Å². The zero-order chi connectivity index (χ0) is 13.0. The topological polar surface area (TPSA) is 41.6 Å². The van der Waals surface area contributed by atoms with E-state index in [9.17, 15) is 4.79 Å². The summed E-state index contributed by atoms with van der Waals surface area (Å²) >= 11 is 0. The number of methoxy groups -OCH3 is 1. The number of fused-ring (bicyclic) bond motifs is 1. The molecule has 0 aromatic heterocycles. The Bertz CT molecular complexity index is 420. The predicted octanol–water partition coefficient (Wildman–Crippen LogP) is 2.70. The SMILES string of the molecule is CCCNC(=O)N1CCC(OC)c2ccccc21. The van der Waals surface area contributed by atoms with E-state index >= 15 is 0 Å². The lowest BCUT2D eigenvalue weighted by Gasteiger charge is -2.33. The second-order valence-electron chi connectivity index (χ2n) is 4.46. The molecule has 1 N–H and O–H groups in total. The molecule has 1 heterocycles. The van der Waals surface area contributed by atoms with Crippen molar-refractivity contribution in [1.82, 2.24) is 5.32 Å². The van der Waals surface area contributed by atoms with Crippen molar-refractivity contribution in [3.8, 4) is 0 Å². The predicted molar refractivity (Wildman–Crippen MR) is 71.8 cm³/mol. The van der Waals surface area contributed by atoms with Gasteiger partial charge in [0.1, 0.15) is 0 Å². The van der Waals surface area contributed by atoms with E-state index in [0.29, 0.717) is 13.1 Å². The minimum Gasteiger partial charge on any atom is -0.377 e. The highest BCUT2D eigenvalue weighted by Crippen LogP contribution is 2.35. The quantitative estimate of drug-likeness (QED) is 0.893. The van der Waals surface area contributed by atoms with E-state index in [2.05, 4.69) is 5.32 Å². The molecule has 0 saturated heterocycles. The van der Waals surface area contributed by atoms with Gasteiger partial charge in [0.2, 0.25) is 0 Å². The first-order chi connectivity index (χ1) is 8.77. The summed E-state index contributed by atoms with van der Waals surface area (Å²) in [7, 11) is 1.72. The number of hydrogen-bond donors (Lipinski definition) is 1. The zero-order valence-electron chi connectivity index (χ0n) is 11.0. The smallest absolute Gasteiger partial charge is 0.321 e. The first-order valence-electron chi connectivity index (χ1n) is 6.45. The summed E-state index contributed by atoms with van der Waals surface area (Å²) in [6, 6.07) is 7.93. The van der Waals surface area contributed by atoms with Gasteiger partial charge in [-0.1, -0.05) is 25.1 Å². The van der Waals surface area contributed by atoms with Crippen LogP contribution < -0.4 is 10.2 Å². The van der Waals surface area contributed by atoms with Gasteiger partial charge in [0.05, 0.1) is 11.8 Å². The fraction of sp³-hybridized carbons (Fsp3) is 0.500. The number of benzene rings is 1. The molecule has 4 heteroatoms. The Labute approximate surface area is 108 Å². The van der Waals surface area contributed by atoms with Gasteiger partial charge >= 0.3 is 6.03 Å². The average molecular weight is 248 g/mol. The largest absolute Gasteiger partial charge is 0.377 e. The summed E-state index contributed by atoms with van der Waals surface area (Å²) in [5.41, 5.74) is 2.06. The van der Waals surface area contributed by atoms with Gasteiger partial charge in [-0.15, -0.1) is 0 Å². The van der Waals surface area contributed by atoms with Gasteiger partial charge in [0.25, 0.3) is 0 Å². The van der Waals surface area contributed by atoms with Crippen LogP contribution in [0.5, 0.6) is 0 Å². The third-order valence-electron chi connectivity index (χ3n) is 3.25. The maximum absolute atomic E-state index is 12.1. The normalized spacial score (nSPS) is 18.3. The lowest BCUT2D eigenvalue weighted by atomic mass is 9.99. The van der Waals surface area contributed by atoms with Crippen LogP contribution in [-0.4, -0.2) is 26.2 Å². The molecule has 98 valence electrons. The minimum absolute atomic E-state index is 0.0150. The number of para-hydroxylation sites is 1. The van der Waals surface area contributed by atoms with Gasteiger partial charge in [-0.25, -0.2) is 4.79 Å². The number of rotatable bonds is 3. The second-order valence-corrected chi connectivity index (χ2v) is 4.46. The molecule has 0 spiro atoms. The molecule has 1 aliphatic heterocycles. The molecule has 4 nitrogen and oxygen atoms in total. The van der Waals surface area contributed by atoms with E-state index in [4.69, 9.17) is 4.74 Å². The van der Waals surface area contributed by atoms with Crippen molar-refractivity contribution in [2.24, 2.45) is 0 Å². The summed E-state index contributed by atoms with van der Waals surface area (Å²) < 4.78 is 5.47. The summed E-state index contributed by atoms with van der Waals surface area (Å²) in [6.07, 6.45) is 1.88. The standard InChI is InChI=1S/C14H20N2O2/c1-3-9-15-14(17)16-10-8-13(18-2)11-6-4-5-7-12(11)16/h4-7,13H,3,8-10H2,1-2H3,(H,15,17). The Morgan fingerprint density at radius 1 is 1.50 bits per heavy atom. The van der Waals surface area contributed by atoms with Gasteiger partial charge in [-0.05, 0) is 18.9 Å². The van der Waals surface area contributed by atoms with Crippen LogP contribution in [0.4, 0.5) is 10.5 Å². The number of hydrogen-bond acceptors (Lipinski definition) is 2. The molecule has 0 saturated carbocycles. The summed E-state index contributed by atoms with van der Waals surface area (Å²) in [4.78, 5) is 13.9. The Balaban J connectivity index is 2.22. The van der Waals surface area contributed by atoms with E-state index in [0.717, 1.165) is 24.1 Å². The van der Waals surface area contributed by atoms with E-state index in [1.54, 1.807) is 12.0 Å². The number of carbonyl (C=O) groups excluding carboxylic acids is 1. The maximum atomic E-state index is 12.1. The molecule has 1 aromatic carbocycles. The van der Waals surface area contributed by atoms with Crippen LogP contribution >= 0.6 is 0 Å². The fourth-order valence-electron chi connectivity index (χ4n) is 2.31. The summed E-state index contributed by atoms with van der Waals surface area (Å²) in [5, 5.41) is 2.92. The van der Waals surface area contributed by atoms with Crippen LogP contribution in [0.25, 0.3) is 0 Å². The molecule has 0 radical (unpaired) electrons. The monoisotopic (exact) mass is 248 g/mol. The van der Waals surface area contributed by atoms with E-state index < -0.39 is 0 Å². The summed E-state index contributed by atoms with van der Waals surface area (Å²) in [5.74, 6) is 0. The molecule has 18 heavy (non-hydrogen) atoms. The van der Waals surface area contributed by atoms with Gasteiger partial charge in [-0.3, -0.25) is 4.90 Å². The molecule has 0 bridgehead atoms. The van der Waals surface area contributed by atoms with Crippen LogP contribution in [0.15, 0.2) is 24.3 Å². The molecule has 1 aliphatic rings. The highest BCUT2D eigenvalue weighted by Gasteiger charge is 2.27. The molecular weight excluding hydrogens is 228 g/mol. The lowest BCUT2D eigenvalue weighted by Crippen LogP contribution is -2.43. The number of carbonyl (C=O) groups is 1. The third kappa shape index (κ3) is 2.48. The number of nitrogens with zero attached hydrogens (tertiary/aromatic N) is 1. The van der Waals surface area contributed by atoms with Crippen molar-refractivity contribution in [3.63, 3.8) is 0 Å². The molecule has 0 fully saturated rings. The molecule has 1 aromatic rings. The molecule has 2 rings (SSSR count). The van der Waals surface area contributed by atoms with Crippen LogP contribution in [0.1, 0.15) is 31.4 Å². The van der Waals surface area contributed by atoms with Crippen LogP contribution in [-0.2, 0) is 4.74 Å². The summed E-state index contributed by atoms with van der Waals surface area (Å²) in [6.45, 7) is 3.46. The third-order valence-corrected chi connectivity index (χ3v) is 3.25. The van der Waals surface area contributed by atoms with Crippen molar-refractivity contribution in [2.45, 2.75) is 25.9 Å².